The molecule has 0 spiro atoms. The number of hydrogen-bond donors (Lipinski definition) is 1. The van der Waals surface area contributed by atoms with E-state index in [1.807, 2.05) is 0 Å². The van der Waals surface area contributed by atoms with E-state index in [9.17, 15) is 0 Å². The van der Waals surface area contributed by atoms with Crippen LogP contribution in [0.25, 0.3) is 0 Å². The van der Waals surface area contributed by atoms with Crippen LogP contribution >= 0.6 is 0 Å². The maximum atomic E-state index is 6.23. The Hall–Kier alpha value is -1.02. The summed E-state index contributed by atoms with van der Waals surface area (Å²) in [6, 6.07) is 6.27. The summed E-state index contributed by atoms with van der Waals surface area (Å²) in [6.07, 6.45) is 1.94. The van der Waals surface area contributed by atoms with Crippen molar-refractivity contribution in [2.24, 2.45) is 5.73 Å². The van der Waals surface area contributed by atoms with Crippen molar-refractivity contribution in [3.8, 4) is 5.75 Å². The molecule has 14 heavy (non-hydrogen) atoms. The fourth-order valence-corrected chi connectivity index (χ4v) is 1.86. The Bertz CT molecular complexity index is 344. The minimum absolute atomic E-state index is 0.268. The first kappa shape index (κ1) is 9.53. The molecule has 2 nitrogen and oxygen atoms in total. The van der Waals surface area contributed by atoms with Gasteiger partial charge in [0.15, 0.2) is 0 Å². The highest BCUT2D eigenvalue weighted by Crippen LogP contribution is 2.36. The SMILES string of the molecule is CCC(C)(N)c1cccc2c1OCC2. The van der Waals surface area contributed by atoms with Crippen LogP contribution in [0.2, 0.25) is 0 Å². The molecule has 2 N–H and O–H groups in total. The summed E-state index contributed by atoms with van der Waals surface area (Å²) < 4.78 is 5.64. The van der Waals surface area contributed by atoms with Crippen molar-refractivity contribution in [3.05, 3.63) is 29.3 Å². The predicted octanol–water partition coefficient (Wildman–Crippen LogP) is 2.21. The van der Waals surface area contributed by atoms with Gasteiger partial charge in [-0.15, -0.1) is 0 Å². The van der Waals surface area contributed by atoms with Gasteiger partial charge in [0.2, 0.25) is 0 Å². The lowest BCUT2D eigenvalue weighted by Crippen LogP contribution is -2.32. The van der Waals surface area contributed by atoms with Gasteiger partial charge in [0.05, 0.1) is 6.61 Å². The van der Waals surface area contributed by atoms with Gasteiger partial charge in [-0.1, -0.05) is 25.1 Å². The van der Waals surface area contributed by atoms with E-state index >= 15 is 0 Å². The molecule has 0 aromatic heterocycles. The van der Waals surface area contributed by atoms with Gasteiger partial charge in [-0.2, -0.15) is 0 Å². The molecule has 1 heterocycles. The molecular weight excluding hydrogens is 174 g/mol. The quantitative estimate of drug-likeness (QED) is 0.777. The second kappa shape index (κ2) is 3.28. The molecule has 1 aliphatic rings. The standard InChI is InChI=1S/C12H17NO/c1-3-12(2,13)10-6-4-5-9-7-8-14-11(9)10/h4-6H,3,7-8,13H2,1-2H3. The topological polar surface area (TPSA) is 35.2 Å². The van der Waals surface area contributed by atoms with Gasteiger partial charge in [-0.25, -0.2) is 0 Å². The summed E-state index contributed by atoms with van der Waals surface area (Å²) in [4.78, 5) is 0. The van der Waals surface area contributed by atoms with Gasteiger partial charge in [0.1, 0.15) is 5.75 Å². The Kier molecular flexibility index (Phi) is 2.23. The first-order valence-electron chi connectivity index (χ1n) is 5.19. The zero-order valence-corrected chi connectivity index (χ0v) is 8.84. The van der Waals surface area contributed by atoms with Crippen LogP contribution in [0.15, 0.2) is 18.2 Å². The lowest BCUT2D eigenvalue weighted by molar-refractivity contribution is 0.341. The second-order valence-electron chi connectivity index (χ2n) is 4.16. The first-order valence-corrected chi connectivity index (χ1v) is 5.19. The first-order chi connectivity index (χ1) is 6.65. The van der Waals surface area contributed by atoms with E-state index in [2.05, 4.69) is 32.0 Å². The average Bonchev–Trinajstić information content (AvgIpc) is 2.64. The van der Waals surface area contributed by atoms with Crippen molar-refractivity contribution < 1.29 is 4.74 Å². The van der Waals surface area contributed by atoms with Crippen LogP contribution in [0.3, 0.4) is 0 Å². The molecule has 2 heteroatoms. The summed E-state index contributed by atoms with van der Waals surface area (Å²) in [5.74, 6) is 1.03. The van der Waals surface area contributed by atoms with E-state index in [1.54, 1.807) is 0 Å². The summed E-state index contributed by atoms with van der Waals surface area (Å²) in [5.41, 5.74) is 8.41. The number of benzene rings is 1. The molecule has 0 saturated carbocycles. The van der Waals surface area contributed by atoms with E-state index in [0.29, 0.717) is 0 Å². The van der Waals surface area contributed by atoms with Crippen molar-refractivity contribution >= 4 is 0 Å². The summed E-state index contributed by atoms with van der Waals surface area (Å²) >= 11 is 0. The number of ether oxygens (including phenoxy) is 1. The molecular formula is C12H17NO. The Morgan fingerprint density at radius 2 is 2.29 bits per heavy atom. The van der Waals surface area contributed by atoms with Crippen molar-refractivity contribution in [2.75, 3.05) is 6.61 Å². The maximum Gasteiger partial charge on any atom is 0.127 e. The highest BCUT2D eigenvalue weighted by molar-refractivity contribution is 5.47. The van der Waals surface area contributed by atoms with Crippen LogP contribution in [-0.2, 0) is 12.0 Å². The highest BCUT2D eigenvalue weighted by Gasteiger charge is 2.26. The molecule has 0 bridgehead atoms. The van der Waals surface area contributed by atoms with Crippen LogP contribution < -0.4 is 10.5 Å². The number of fused-ring (bicyclic) bond motifs is 1. The largest absolute Gasteiger partial charge is 0.493 e. The third-order valence-electron chi connectivity index (χ3n) is 3.06. The predicted molar refractivity (Wildman–Crippen MR) is 57.5 cm³/mol. The molecule has 1 atom stereocenters. The normalized spacial score (nSPS) is 18.5. The molecule has 2 rings (SSSR count). The number of hydrogen-bond acceptors (Lipinski definition) is 2. The third kappa shape index (κ3) is 1.40. The number of nitrogens with two attached hydrogens (primary N) is 1. The Morgan fingerprint density at radius 3 is 3.00 bits per heavy atom. The van der Waals surface area contributed by atoms with Crippen LogP contribution in [0.5, 0.6) is 5.75 Å². The molecule has 0 radical (unpaired) electrons. The van der Waals surface area contributed by atoms with E-state index in [0.717, 1.165) is 30.8 Å². The summed E-state index contributed by atoms with van der Waals surface area (Å²) in [7, 11) is 0. The Morgan fingerprint density at radius 1 is 1.50 bits per heavy atom. The zero-order valence-electron chi connectivity index (χ0n) is 8.84. The number of para-hydroxylation sites is 1. The van der Waals surface area contributed by atoms with E-state index in [4.69, 9.17) is 10.5 Å². The third-order valence-corrected chi connectivity index (χ3v) is 3.06. The summed E-state index contributed by atoms with van der Waals surface area (Å²) in [5, 5.41) is 0. The van der Waals surface area contributed by atoms with Gasteiger partial charge >= 0.3 is 0 Å². The van der Waals surface area contributed by atoms with Crippen molar-refractivity contribution in [1.29, 1.82) is 0 Å². The highest BCUT2D eigenvalue weighted by atomic mass is 16.5. The monoisotopic (exact) mass is 191 g/mol. The van der Waals surface area contributed by atoms with Gasteiger partial charge in [-0.3, -0.25) is 0 Å². The van der Waals surface area contributed by atoms with Crippen LogP contribution in [0, 0.1) is 0 Å². The molecule has 1 unspecified atom stereocenters. The fraction of sp³-hybridized carbons (Fsp3) is 0.500. The minimum atomic E-state index is -0.268. The average molecular weight is 191 g/mol. The van der Waals surface area contributed by atoms with E-state index in [1.165, 1.54) is 5.56 Å². The van der Waals surface area contributed by atoms with Gasteiger partial charge < -0.3 is 10.5 Å². The van der Waals surface area contributed by atoms with Crippen molar-refractivity contribution in [1.82, 2.24) is 0 Å². The van der Waals surface area contributed by atoms with Crippen molar-refractivity contribution in [3.63, 3.8) is 0 Å². The van der Waals surface area contributed by atoms with Crippen LogP contribution in [0.4, 0.5) is 0 Å². The van der Waals surface area contributed by atoms with Crippen LogP contribution in [0.1, 0.15) is 31.4 Å². The Balaban J connectivity index is 2.49. The molecule has 0 fully saturated rings. The fourth-order valence-electron chi connectivity index (χ4n) is 1.86. The van der Waals surface area contributed by atoms with Gasteiger partial charge in [-0.05, 0) is 18.9 Å². The van der Waals surface area contributed by atoms with Crippen LogP contribution in [-0.4, -0.2) is 6.61 Å². The zero-order chi connectivity index (χ0) is 10.2. The lowest BCUT2D eigenvalue weighted by Gasteiger charge is -2.25. The van der Waals surface area contributed by atoms with Gasteiger partial charge in [0, 0.05) is 17.5 Å². The smallest absolute Gasteiger partial charge is 0.127 e. The second-order valence-corrected chi connectivity index (χ2v) is 4.16. The lowest BCUT2D eigenvalue weighted by atomic mass is 9.88. The van der Waals surface area contributed by atoms with Gasteiger partial charge in [0.25, 0.3) is 0 Å². The maximum absolute atomic E-state index is 6.23. The molecule has 76 valence electrons. The Labute approximate surface area is 85.1 Å². The van der Waals surface area contributed by atoms with Crippen molar-refractivity contribution in [2.45, 2.75) is 32.2 Å². The molecule has 0 saturated heterocycles. The molecule has 0 amide bonds. The number of rotatable bonds is 2. The molecule has 1 aliphatic heterocycles. The molecule has 1 aromatic rings. The van der Waals surface area contributed by atoms with E-state index in [-0.39, 0.29) is 5.54 Å². The minimum Gasteiger partial charge on any atom is -0.493 e. The molecule has 1 aromatic carbocycles. The van der Waals surface area contributed by atoms with E-state index < -0.39 is 0 Å². The summed E-state index contributed by atoms with van der Waals surface area (Å²) in [6.45, 7) is 4.96. The molecule has 0 aliphatic carbocycles.